The quantitative estimate of drug-likeness (QED) is 0.491. The van der Waals surface area contributed by atoms with Crippen LogP contribution >= 0.6 is 0 Å². The highest BCUT2D eigenvalue weighted by Gasteiger charge is 2.33. The molecule has 0 N–H and O–H groups in total. The zero-order valence-electron chi connectivity index (χ0n) is 18.0. The summed E-state index contributed by atoms with van der Waals surface area (Å²) in [5.74, 6) is 0.714. The van der Waals surface area contributed by atoms with Crippen molar-refractivity contribution in [3.05, 3.63) is 78.4 Å². The Balaban J connectivity index is 1.29. The van der Waals surface area contributed by atoms with Gasteiger partial charge >= 0.3 is 0 Å². The fraction of sp³-hybridized carbons (Fsp3) is 0.320. The summed E-state index contributed by atoms with van der Waals surface area (Å²) in [6.45, 7) is 0.661. The Morgan fingerprint density at radius 1 is 1.03 bits per heavy atom. The molecule has 0 saturated heterocycles. The van der Waals surface area contributed by atoms with E-state index in [1.54, 1.807) is 4.68 Å². The molecule has 158 valence electrons. The molecule has 1 fully saturated rings. The van der Waals surface area contributed by atoms with Crippen molar-refractivity contribution in [2.45, 2.75) is 31.7 Å². The standard InChI is InChI=1S/C25H27N5O/c1-28(15-18-6-4-3-5-7-18)25(31)20-9-8-19(12-20)23-14-27-30-17-21(10-11-24(23)30)22-13-26-29(2)16-22/h3-7,10-11,13-14,16-17,19-20H,8-9,12,15H2,1-2H3. The lowest BCUT2D eigenvalue weighted by Crippen LogP contribution is -2.31. The van der Waals surface area contributed by atoms with E-state index in [0.717, 1.165) is 35.9 Å². The van der Waals surface area contributed by atoms with Gasteiger partial charge < -0.3 is 4.90 Å². The van der Waals surface area contributed by atoms with Crippen LogP contribution in [0.5, 0.6) is 0 Å². The van der Waals surface area contributed by atoms with E-state index in [2.05, 4.69) is 40.7 Å². The molecule has 3 heterocycles. The predicted molar refractivity (Wildman–Crippen MR) is 120 cm³/mol. The molecule has 0 radical (unpaired) electrons. The maximum absolute atomic E-state index is 13.0. The van der Waals surface area contributed by atoms with Gasteiger partial charge in [-0.2, -0.15) is 10.2 Å². The highest BCUT2D eigenvalue weighted by molar-refractivity contribution is 5.79. The fourth-order valence-electron chi connectivity index (χ4n) is 4.79. The first-order chi connectivity index (χ1) is 15.1. The minimum absolute atomic E-state index is 0.0864. The summed E-state index contributed by atoms with van der Waals surface area (Å²) in [5.41, 5.74) is 5.72. The SMILES string of the molecule is CN(Cc1ccccc1)C(=O)C1CCC(c2cnn3cc(-c4cnn(C)c4)ccc23)C1. The van der Waals surface area contributed by atoms with Crippen molar-refractivity contribution >= 4 is 11.4 Å². The smallest absolute Gasteiger partial charge is 0.225 e. The van der Waals surface area contributed by atoms with Crippen molar-refractivity contribution in [2.24, 2.45) is 13.0 Å². The Labute approximate surface area is 182 Å². The maximum atomic E-state index is 13.0. The summed E-state index contributed by atoms with van der Waals surface area (Å²) in [5, 5.41) is 8.87. The van der Waals surface area contributed by atoms with Gasteiger partial charge in [-0.3, -0.25) is 9.48 Å². The molecule has 31 heavy (non-hydrogen) atoms. The molecule has 6 heteroatoms. The average molecular weight is 414 g/mol. The number of amides is 1. The Hall–Kier alpha value is -3.41. The van der Waals surface area contributed by atoms with Crippen LogP contribution in [0.2, 0.25) is 0 Å². The molecule has 6 nitrogen and oxygen atoms in total. The van der Waals surface area contributed by atoms with Crippen LogP contribution in [0, 0.1) is 5.92 Å². The minimum Gasteiger partial charge on any atom is -0.341 e. The van der Waals surface area contributed by atoms with E-state index >= 15 is 0 Å². The number of aromatic nitrogens is 4. The summed E-state index contributed by atoms with van der Waals surface area (Å²) in [6, 6.07) is 14.4. The van der Waals surface area contributed by atoms with Crippen LogP contribution in [0.1, 0.15) is 36.3 Å². The van der Waals surface area contributed by atoms with Crippen molar-refractivity contribution in [1.82, 2.24) is 24.3 Å². The van der Waals surface area contributed by atoms with Gasteiger partial charge in [0.2, 0.25) is 5.91 Å². The Morgan fingerprint density at radius 3 is 2.65 bits per heavy atom. The highest BCUT2D eigenvalue weighted by atomic mass is 16.2. The van der Waals surface area contributed by atoms with Crippen LogP contribution in [0.25, 0.3) is 16.6 Å². The lowest BCUT2D eigenvalue weighted by molar-refractivity contribution is -0.134. The number of hydrogen-bond donors (Lipinski definition) is 0. The van der Waals surface area contributed by atoms with E-state index in [0.29, 0.717) is 12.5 Å². The summed E-state index contributed by atoms with van der Waals surface area (Å²) in [6.07, 6.45) is 10.8. The third-order valence-electron chi connectivity index (χ3n) is 6.44. The van der Waals surface area contributed by atoms with Crippen molar-refractivity contribution in [3.63, 3.8) is 0 Å². The topological polar surface area (TPSA) is 55.4 Å². The van der Waals surface area contributed by atoms with Gasteiger partial charge in [-0.25, -0.2) is 4.52 Å². The van der Waals surface area contributed by atoms with Gasteiger partial charge in [0.25, 0.3) is 0 Å². The van der Waals surface area contributed by atoms with Crippen LogP contribution in [0.15, 0.2) is 67.3 Å². The van der Waals surface area contributed by atoms with E-state index in [-0.39, 0.29) is 11.8 Å². The molecule has 2 atom stereocenters. The molecule has 1 aromatic carbocycles. The first kappa shape index (κ1) is 19.5. The van der Waals surface area contributed by atoms with Crippen LogP contribution in [0.4, 0.5) is 0 Å². The Morgan fingerprint density at radius 2 is 1.87 bits per heavy atom. The summed E-state index contributed by atoms with van der Waals surface area (Å²) < 4.78 is 3.76. The molecule has 1 amide bonds. The largest absolute Gasteiger partial charge is 0.341 e. The number of aryl methyl sites for hydroxylation is 1. The van der Waals surface area contributed by atoms with Crippen molar-refractivity contribution in [2.75, 3.05) is 7.05 Å². The van der Waals surface area contributed by atoms with Crippen LogP contribution < -0.4 is 0 Å². The van der Waals surface area contributed by atoms with Gasteiger partial charge in [-0.15, -0.1) is 0 Å². The van der Waals surface area contributed by atoms with Gasteiger partial charge in [0.15, 0.2) is 0 Å². The third-order valence-corrected chi connectivity index (χ3v) is 6.44. The number of pyridine rings is 1. The number of carbonyl (C=O) groups is 1. The fourth-order valence-corrected chi connectivity index (χ4v) is 4.79. The van der Waals surface area contributed by atoms with E-state index < -0.39 is 0 Å². The van der Waals surface area contributed by atoms with Gasteiger partial charge in [-0.1, -0.05) is 36.4 Å². The van der Waals surface area contributed by atoms with Crippen LogP contribution in [0.3, 0.4) is 0 Å². The van der Waals surface area contributed by atoms with Crippen molar-refractivity contribution in [3.8, 4) is 11.1 Å². The second-order valence-corrected chi connectivity index (χ2v) is 8.64. The van der Waals surface area contributed by atoms with E-state index in [1.807, 2.05) is 60.3 Å². The molecule has 1 aliphatic rings. The van der Waals surface area contributed by atoms with Crippen LogP contribution in [-0.4, -0.2) is 37.2 Å². The molecular formula is C25H27N5O. The predicted octanol–water partition coefficient (Wildman–Crippen LogP) is 4.28. The van der Waals surface area contributed by atoms with Crippen molar-refractivity contribution < 1.29 is 4.79 Å². The summed E-state index contributed by atoms with van der Waals surface area (Å²) in [7, 11) is 3.83. The van der Waals surface area contributed by atoms with Crippen LogP contribution in [-0.2, 0) is 18.4 Å². The molecule has 0 aliphatic heterocycles. The first-order valence-electron chi connectivity index (χ1n) is 10.8. The zero-order chi connectivity index (χ0) is 21.4. The van der Waals surface area contributed by atoms with Gasteiger partial charge in [0.1, 0.15) is 0 Å². The van der Waals surface area contributed by atoms with E-state index in [4.69, 9.17) is 0 Å². The molecule has 0 bridgehead atoms. The second kappa shape index (κ2) is 8.02. The molecule has 4 aromatic rings. The molecular weight excluding hydrogens is 386 g/mol. The third kappa shape index (κ3) is 3.85. The molecule has 2 unspecified atom stereocenters. The van der Waals surface area contributed by atoms with E-state index in [1.165, 1.54) is 11.1 Å². The second-order valence-electron chi connectivity index (χ2n) is 8.64. The highest BCUT2D eigenvalue weighted by Crippen LogP contribution is 2.40. The van der Waals surface area contributed by atoms with Gasteiger partial charge in [0.05, 0.1) is 17.9 Å². The number of carbonyl (C=O) groups excluding carboxylic acids is 1. The lowest BCUT2D eigenvalue weighted by atomic mass is 9.96. The average Bonchev–Trinajstić information content (AvgIpc) is 3.52. The van der Waals surface area contributed by atoms with Crippen molar-refractivity contribution in [1.29, 1.82) is 0 Å². The number of fused-ring (bicyclic) bond motifs is 1. The Kier molecular flexibility index (Phi) is 5.06. The van der Waals surface area contributed by atoms with Gasteiger partial charge in [-0.05, 0) is 36.8 Å². The van der Waals surface area contributed by atoms with E-state index in [9.17, 15) is 4.79 Å². The molecule has 1 saturated carbocycles. The molecule has 0 spiro atoms. The summed E-state index contributed by atoms with van der Waals surface area (Å²) in [4.78, 5) is 14.9. The first-order valence-corrected chi connectivity index (χ1v) is 10.8. The Bertz CT molecular complexity index is 1210. The number of hydrogen-bond acceptors (Lipinski definition) is 3. The molecule has 5 rings (SSSR count). The summed E-state index contributed by atoms with van der Waals surface area (Å²) >= 11 is 0. The number of benzene rings is 1. The monoisotopic (exact) mass is 413 g/mol. The molecule has 3 aromatic heterocycles. The number of rotatable bonds is 5. The lowest BCUT2D eigenvalue weighted by Gasteiger charge is -2.21. The molecule has 1 aliphatic carbocycles. The minimum atomic E-state index is 0.0864. The number of nitrogens with zero attached hydrogens (tertiary/aromatic N) is 5. The maximum Gasteiger partial charge on any atom is 0.225 e. The van der Waals surface area contributed by atoms with Gasteiger partial charge in [0, 0.05) is 55.6 Å². The zero-order valence-corrected chi connectivity index (χ0v) is 18.0. The normalized spacial score (nSPS) is 18.5.